The van der Waals surface area contributed by atoms with Gasteiger partial charge >= 0.3 is 0 Å². The number of unbranched alkanes of at least 4 members (excludes halogenated alkanes) is 2. The summed E-state index contributed by atoms with van der Waals surface area (Å²) in [5, 5.41) is 1.05. The van der Waals surface area contributed by atoms with E-state index in [-0.39, 0.29) is 5.38 Å². The zero-order chi connectivity index (χ0) is 11.1. The number of benzene rings is 1. The van der Waals surface area contributed by atoms with Gasteiger partial charge in [-0.25, -0.2) is 0 Å². The molecule has 2 heteroatoms. The Morgan fingerprint density at radius 3 is 2.60 bits per heavy atom. The summed E-state index contributed by atoms with van der Waals surface area (Å²) >= 11 is 12.3. The van der Waals surface area contributed by atoms with Crippen LogP contribution in [-0.2, 0) is 6.42 Å². The Balaban J connectivity index is 2.37. The monoisotopic (exact) mass is 244 g/mol. The first-order valence-corrected chi connectivity index (χ1v) is 6.43. The van der Waals surface area contributed by atoms with Crippen molar-refractivity contribution in [3.8, 4) is 0 Å². The predicted molar refractivity (Wildman–Crippen MR) is 68.9 cm³/mol. The molecule has 0 heterocycles. The van der Waals surface area contributed by atoms with Gasteiger partial charge in [0.1, 0.15) is 0 Å². The van der Waals surface area contributed by atoms with E-state index in [2.05, 4.69) is 13.0 Å². The fraction of sp³-hybridized carbons (Fsp3) is 0.538. The molecule has 84 valence electrons. The van der Waals surface area contributed by atoms with Crippen molar-refractivity contribution in [1.29, 1.82) is 0 Å². The Bertz CT molecular complexity index is 284. The minimum absolute atomic E-state index is 0.219. The molecule has 15 heavy (non-hydrogen) atoms. The second-order valence-corrected chi connectivity index (χ2v) is 4.91. The van der Waals surface area contributed by atoms with E-state index in [1.807, 2.05) is 18.2 Å². The molecule has 1 aromatic carbocycles. The maximum Gasteiger partial charge on any atom is 0.0438 e. The van der Waals surface area contributed by atoms with Gasteiger partial charge in [0.25, 0.3) is 0 Å². The molecule has 0 N–H and O–H groups in total. The number of alkyl halides is 1. The summed E-state index contributed by atoms with van der Waals surface area (Å²) < 4.78 is 0. The normalized spacial score (nSPS) is 12.7. The molecule has 0 spiro atoms. The Morgan fingerprint density at radius 2 is 1.93 bits per heavy atom. The first-order chi connectivity index (χ1) is 7.24. The van der Waals surface area contributed by atoms with Crippen molar-refractivity contribution in [2.75, 3.05) is 0 Å². The highest BCUT2D eigenvalue weighted by atomic mass is 35.5. The lowest BCUT2D eigenvalue weighted by atomic mass is 10.1. The SMILES string of the molecule is CCCCCC(Cl)Cc1ccccc1Cl. The fourth-order valence-corrected chi connectivity index (χ4v) is 2.15. The first-order valence-electron chi connectivity index (χ1n) is 5.61. The van der Waals surface area contributed by atoms with Crippen LogP contribution in [0.1, 0.15) is 38.2 Å². The molecule has 0 aromatic heterocycles. The van der Waals surface area contributed by atoms with E-state index >= 15 is 0 Å². The molecule has 0 bridgehead atoms. The van der Waals surface area contributed by atoms with Gasteiger partial charge in [-0.2, -0.15) is 0 Å². The minimum atomic E-state index is 0.219. The van der Waals surface area contributed by atoms with E-state index < -0.39 is 0 Å². The van der Waals surface area contributed by atoms with Crippen LogP contribution in [0.25, 0.3) is 0 Å². The second-order valence-electron chi connectivity index (χ2n) is 3.89. The first kappa shape index (κ1) is 12.9. The van der Waals surface area contributed by atoms with Crippen molar-refractivity contribution in [3.05, 3.63) is 34.9 Å². The zero-order valence-electron chi connectivity index (χ0n) is 9.18. The zero-order valence-corrected chi connectivity index (χ0v) is 10.7. The molecule has 0 fully saturated rings. The maximum atomic E-state index is 6.26. The van der Waals surface area contributed by atoms with Gasteiger partial charge in [0.2, 0.25) is 0 Å². The third-order valence-corrected chi connectivity index (χ3v) is 3.26. The van der Waals surface area contributed by atoms with Crippen molar-refractivity contribution >= 4 is 23.2 Å². The summed E-state index contributed by atoms with van der Waals surface area (Å²) in [6.45, 7) is 2.21. The Morgan fingerprint density at radius 1 is 1.20 bits per heavy atom. The molecule has 0 saturated heterocycles. The van der Waals surface area contributed by atoms with E-state index in [0.29, 0.717) is 0 Å². The van der Waals surface area contributed by atoms with Gasteiger partial charge in [-0.1, -0.05) is 56.0 Å². The van der Waals surface area contributed by atoms with Crippen LogP contribution in [0.5, 0.6) is 0 Å². The van der Waals surface area contributed by atoms with Gasteiger partial charge in [-0.15, -0.1) is 11.6 Å². The van der Waals surface area contributed by atoms with E-state index in [4.69, 9.17) is 23.2 Å². The lowest BCUT2D eigenvalue weighted by Gasteiger charge is -2.10. The highest BCUT2D eigenvalue weighted by molar-refractivity contribution is 6.31. The molecular formula is C13H18Cl2. The van der Waals surface area contributed by atoms with Crippen molar-refractivity contribution in [2.45, 2.75) is 44.4 Å². The Hall–Kier alpha value is -0.200. The number of halogens is 2. The highest BCUT2D eigenvalue weighted by Gasteiger charge is 2.07. The van der Waals surface area contributed by atoms with E-state index in [1.165, 1.54) is 19.3 Å². The number of hydrogen-bond donors (Lipinski definition) is 0. The quantitative estimate of drug-likeness (QED) is 0.484. The maximum absolute atomic E-state index is 6.26. The smallest absolute Gasteiger partial charge is 0.0438 e. The van der Waals surface area contributed by atoms with Crippen LogP contribution >= 0.6 is 23.2 Å². The lowest BCUT2D eigenvalue weighted by molar-refractivity contribution is 0.638. The summed E-state index contributed by atoms with van der Waals surface area (Å²) in [4.78, 5) is 0. The molecule has 0 aliphatic rings. The van der Waals surface area contributed by atoms with Crippen LogP contribution < -0.4 is 0 Å². The van der Waals surface area contributed by atoms with Crippen molar-refractivity contribution < 1.29 is 0 Å². The average Bonchev–Trinajstić information content (AvgIpc) is 2.22. The molecule has 1 aromatic rings. The van der Waals surface area contributed by atoms with Gasteiger partial charge in [0, 0.05) is 10.4 Å². The van der Waals surface area contributed by atoms with Crippen LogP contribution in [0.4, 0.5) is 0 Å². The van der Waals surface area contributed by atoms with Gasteiger partial charge in [-0.3, -0.25) is 0 Å². The molecule has 0 radical (unpaired) electrons. The van der Waals surface area contributed by atoms with Crippen molar-refractivity contribution in [2.24, 2.45) is 0 Å². The lowest BCUT2D eigenvalue weighted by Crippen LogP contribution is -2.03. The Labute approximate surface area is 103 Å². The standard InChI is InChI=1S/C13H18Cl2/c1-2-3-4-8-12(14)10-11-7-5-6-9-13(11)15/h5-7,9,12H,2-4,8,10H2,1H3. The van der Waals surface area contributed by atoms with Crippen LogP contribution in [-0.4, -0.2) is 5.38 Å². The summed E-state index contributed by atoms with van der Waals surface area (Å²) in [6.07, 6.45) is 5.70. The number of rotatable bonds is 6. The summed E-state index contributed by atoms with van der Waals surface area (Å²) in [5.74, 6) is 0. The summed E-state index contributed by atoms with van der Waals surface area (Å²) in [5.41, 5.74) is 1.16. The molecule has 0 amide bonds. The molecule has 0 aliphatic carbocycles. The second kappa shape index (κ2) is 7.14. The molecule has 0 aliphatic heterocycles. The van der Waals surface area contributed by atoms with E-state index in [1.54, 1.807) is 0 Å². The van der Waals surface area contributed by atoms with Crippen LogP contribution in [0.3, 0.4) is 0 Å². The van der Waals surface area contributed by atoms with E-state index in [9.17, 15) is 0 Å². The molecule has 0 saturated carbocycles. The highest BCUT2D eigenvalue weighted by Crippen LogP contribution is 2.21. The third-order valence-electron chi connectivity index (χ3n) is 2.52. The van der Waals surface area contributed by atoms with Crippen LogP contribution in [0, 0.1) is 0 Å². The van der Waals surface area contributed by atoms with Crippen LogP contribution in [0.2, 0.25) is 5.02 Å². The summed E-state index contributed by atoms with van der Waals surface area (Å²) in [7, 11) is 0. The Kier molecular flexibility index (Phi) is 6.12. The van der Waals surface area contributed by atoms with Gasteiger partial charge in [-0.05, 0) is 24.5 Å². The fourth-order valence-electron chi connectivity index (χ4n) is 1.62. The topological polar surface area (TPSA) is 0 Å². The van der Waals surface area contributed by atoms with E-state index in [0.717, 1.165) is 23.4 Å². The van der Waals surface area contributed by atoms with Crippen molar-refractivity contribution in [1.82, 2.24) is 0 Å². The molecule has 1 atom stereocenters. The number of hydrogen-bond acceptors (Lipinski definition) is 0. The van der Waals surface area contributed by atoms with Gasteiger partial charge < -0.3 is 0 Å². The summed E-state index contributed by atoms with van der Waals surface area (Å²) in [6, 6.07) is 7.94. The molecular weight excluding hydrogens is 227 g/mol. The molecule has 1 rings (SSSR count). The average molecular weight is 245 g/mol. The van der Waals surface area contributed by atoms with Gasteiger partial charge in [0.05, 0.1) is 0 Å². The predicted octanol–water partition coefficient (Wildman–Crippen LogP) is 5.07. The molecule has 0 nitrogen and oxygen atoms in total. The van der Waals surface area contributed by atoms with Crippen molar-refractivity contribution in [3.63, 3.8) is 0 Å². The molecule has 1 unspecified atom stereocenters. The third kappa shape index (κ3) is 4.90. The largest absolute Gasteiger partial charge is 0.123 e. The van der Waals surface area contributed by atoms with Crippen LogP contribution in [0.15, 0.2) is 24.3 Å². The van der Waals surface area contributed by atoms with Gasteiger partial charge in [0.15, 0.2) is 0 Å². The minimum Gasteiger partial charge on any atom is -0.123 e.